The highest BCUT2D eigenvalue weighted by atomic mass is 16.3. The molecule has 0 aliphatic heterocycles. The van der Waals surface area contributed by atoms with Gasteiger partial charge in [-0.2, -0.15) is 0 Å². The molecule has 0 spiro atoms. The number of allylic oxidation sites excluding steroid dienone is 7. The minimum Gasteiger partial charge on any atom is -0.389 e. The Balaban J connectivity index is 2.83. The molecule has 20 heavy (non-hydrogen) atoms. The van der Waals surface area contributed by atoms with E-state index in [4.69, 9.17) is 0 Å². The lowest BCUT2D eigenvalue weighted by atomic mass is 9.67. The summed E-state index contributed by atoms with van der Waals surface area (Å²) in [6, 6.07) is 0. The minimum atomic E-state index is -0.329. The van der Waals surface area contributed by atoms with Gasteiger partial charge in [0.15, 0.2) is 5.78 Å². The maximum Gasteiger partial charge on any atom is 0.152 e. The summed E-state index contributed by atoms with van der Waals surface area (Å²) in [4.78, 5) is 10.8. The second-order valence-electron chi connectivity index (χ2n) is 6.39. The van der Waals surface area contributed by atoms with Crippen molar-refractivity contribution < 1.29 is 9.90 Å². The van der Waals surface area contributed by atoms with Crippen molar-refractivity contribution in [2.45, 2.75) is 47.1 Å². The van der Waals surface area contributed by atoms with Crippen molar-refractivity contribution in [2.75, 3.05) is 0 Å². The topological polar surface area (TPSA) is 37.3 Å². The van der Waals surface area contributed by atoms with Gasteiger partial charge in [0.25, 0.3) is 0 Å². The maximum atomic E-state index is 10.8. The van der Waals surface area contributed by atoms with Gasteiger partial charge in [-0.15, -0.1) is 0 Å². The quantitative estimate of drug-likeness (QED) is 0.478. The first-order valence-corrected chi connectivity index (χ1v) is 7.12. The van der Waals surface area contributed by atoms with Crippen LogP contribution in [0, 0.1) is 11.3 Å². The molecule has 0 amide bonds. The van der Waals surface area contributed by atoms with Crippen molar-refractivity contribution in [1.29, 1.82) is 0 Å². The molecule has 0 aromatic heterocycles. The van der Waals surface area contributed by atoms with Crippen LogP contribution in [0.4, 0.5) is 0 Å². The minimum absolute atomic E-state index is 0.0548. The molecule has 0 aromatic rings. The summed E-state index contributed by atoms with van der Waals surface area (Å²) < 4.78 is 0. The van der Waals surface area contributed by atoms with Crippen molar-refractivity contribution in [1.82, 2.24) is 0 Å². The summed E-state index contributed by atoms with van der Waals surface area (Å²) in [5.41, 5.74) is 2.39. The average Bonchev–Trinajstić information content (AvgIpc) is 2.25. The van der Waals surface area contributed by atoms with Crippen LogP contribution in [-0.4, -0.2) is 17.0 Å². The van der Waals surface area contributed by atoms with Gasteiger partial charge in [-0.25, -0.2) is 0 Å². The third-order valence-electron chi connectivity index (χ3n) is 3.76. The monoisotopic (exact) mass is 274 g/mol. The first kappa shape index (κ1) is 16.6. The zero-order valence-electron chi connectivity index (χ0n) is 13.2. The molecule has 0 fully saturated rings. The molecular weight excluding hydrogens is 248 g/mol. The van der Waals surface area contributed by atoms with Gasteiger partial charge in [0.2, 0.25) is 0 Å². The van der Waals surface area contributed by atoms with Gasteiger partial charge in [-0.3, -0.25) is 4.79 Å². The van der Waals surface area contributed by atoms with Gasteiger partial charge < -0.3 is 5.11 Å². The predicted octanol–water partition coefficient (Wildman–Crippen LogP) is 3.99. The van der Waals surface area contributed by atoms with E-state index in [2.05, 4.69) is 32.9 Å². The molecule has 2 heteroatoms. The SMILES string of the molecule is CC(=O)C=CC=C(C)/C=C/[C@H]1C(C)=C[C@H](O)CC1(C)C. The number of aliphatic hydroxyl groups is 1. The maximum absolute atomic E-state index is 10.8. The molecule has 0 bridgehead atoms. The van der Waals surface area contributed by atoms with Gasteiger partial charge in [0.05, 0.1) is 6.10 Å². The molecule has 0 radical (unpaired) electrons. The number of ketones is 1. The second kappa shape index (κ2) is 6.85. The molecule has 0 unspecified atom stereocenters. The summed E-state index contributed by atoms with van der Waals surface area (Å²) in [5, 5.41) is 9.83. The van der Waals surface area contributed by atoms with Gasteiger partial charge in [0, 0.05) is 5.92 Å². The van der Waals surface area contributed by atoms with Crippen molar-refractivity contribution in [3.05, 3.63) is 47.6 Å². The first-order valence-electron chi connectivity index (χ1n) is 7.12. The second-order valence-corrected chi connectivity index (χ2v) is 6.39. The highest BCUT2D eigenvalue weighted by Crippen LogP contribution is 2.41. The summed E-state index contributed by atoms with van der Waals surface area (Å²) >= 11 is 0. The fraction of sp³-hybridized carbons (Fsp3) is 0.500. The lowest BCUT2D eigenvalue weighted by molar-refractivity contribution is -0.112. The summed E-state index contributed by atoms with van der Waals surface area (Å²) in [7, 11) is 0. The van der Waals surface area contributed by atoms with Crippen molar-refractivity contribution in [3.8, 4) is 0 Å². The molecule has 1 rings (SSSR count). The molecule has 0 aromatic carbocycles. The van der Waals surface area contributed by atoms with E-state index in [-0.39, 0.29) is 17.3 Å². The lowest BCUT2D eigenvalue weighted by Gasteiger charge is -2.38. The van der Waals surface area contributed by atoms with Crippen LogP contribution in [0.1, 0.15) is 41.0 Å². The number of carbonyl (C=O) groups is 1. The van der Waals surface area contributed by atoms with E-state index in [1.54, 1.807) is 19.1 Å². The number of rotatable bonds is 4. The average molecular weight is 274 g/mol. The zero-order valence-corrected chi connectivity index (χ0v) is 13.2. The molecule has 2 nitrogen and oxygen atoms in total. The molecule has 0 heterocycles. The van der Waals surface area contributed by atoms with Crippen LogP contribution in [-0.2, 0) is 4.79 Å². The highest BCUT2D eigenvalue weighted by Gasteiger charge is 2.34. The van der Waals surface area contributed by atoms with E-state index in [0.29, 0.717) is 5.92 Å². The Morgan fingerprint density at radius 3 is 2.55 bits per heavy atom. The third-order valence-corrected chi connectivity index (χ3v) is 3.76. The normalized spacial score (nSPS) is 27.1. The zero-order chi connectivity index (χ0) is 15.3. The van der Waals surface area contributed by atoms with Gasteiger partial charge in [-0.1, -0.05) is 55.4 Å². The molecule has 1 aliphatic carbocycles. The fourth-order valence-corrected chi connectivity index (χ4v) is 2.80. The summed E-state index contributed by atoms with van der Waals surface area (Å²) in [6.45, 7) is 10.0. The molecule has 2 atom stereocenters. The first-order chi connectivity index (χ1) is 9.22. The summed E-state index contributed by atoms with van der Waals surface area (Å²) in [5.74, 6) is 0.394. The van der Waals surface area contributed by atoms with E-state index in [9.17, 15) is 9.90 Å². The lowest BCUT2D eigenvalue weighted by Crippen LogP contribution is -2.32. The van der Waals surface area contributed by atoms with Crippen LogP contribution in [0.3, 0.4) is 0 Å². The molecule has 0 saturated heterocycles. The van der Waals surface area contributed by atoms with Crippen molar-refractivity contribution >= 4 is 5.78 Å². The van der Waals surface area contributed by atoms with E-state index in [1.165, 1.54) is 5.57 Å². The Kier molecular flexibility index (Phi) is 5.70. The number of hydrogen-bond donors (Lipinski definition) is 1. The van der Waals surface area contributed by atoms with E-state index >= 15 is 0 Å². The number of hydrogen-bond acceptors (Lipinski definition) is 2. The fourth-order valence-electron chi connectivity index (χ4n) is 2.80. The van der Waals surface area contributed by atoms with Gasteiger partial charge in [-0.05, 0) is 38.7 Å². The predicted molar refractivity (Wildman–Crippen MR) is 84.4 cm³/mol. The smallest absolute Gasteiger partial charge is 0.152 e. The molecule has 1 aliphatic rings. The molecule has 1 N–H and O–H groups in total. The van der Waals surface area contributed by atoms with E-state index in [1.807, 2.05) is 19.1 Å². The van der Waals surface area contributed by atoms with Crippen molar-refractivity contribution in [3.63, 3.8) is 0 Å². The van der Waals surface area contributed by atoms with Gasteiger partial charge >= 0.3 is 0 Å². The Morgan fingerprint density at radius 2 is 2.00 bits per heavy atom. The van der Waals surface area contributed by atoms with E-state index < -0.39 is 0 Å². The standard InChI is InChI=1S/C18H26O2/c1-13(7-6-8-15(3)19)9-10-17-14(2)11-16(20)12-18(17,4)5/h6-11,16-17,20H,12H2,1-5H3/b8-6?,10-9+,13-7?/t16-,17-/m0/s1. The third kappa shape index (κ3) is 4.93. The van der Waals surface area contributed by atoms with Crippen molar-refractivity contribution in [2.24, 2.45) is 11.3 Å². The molecule has 110 valence electrons. The van der Waals surface area contributed by atoms with Crippen LogP contribution >= 0.6 is 0 Å². The Morgan fingerprint density at radius 1 is 1.35 bits per heavy atom. The van der Waals surface area contributed by atoms with E-state index in [0.717, 1.165) is 12.0 Å². The van der Waals surface area contributed by atoms with Crippen LogP contribution in [0.2, 0.25) is 0 Å². The highest BCUT2D eigenvalue weighted by molar-refractivity contribution is 5.87. The van der Waals surface area contributed by atoms with Gasteiger partial charge in [0.1, 0.15) is 0 Å². The van der Waals surface area contributed by atoms with Crippen LogP contribution in [0.5, 0.6) is 0 Å². The van der Waals surface area contributed by atoms with Crippen LogP contribution < -0.4 is 0 Å². The largest absolute Gasteiger partial charge is 0.389 e. The Bertz CT molecular complexity index is 476. The Hall–Kier alpha value is -1.41. The summed E-state index contributed by atoms with van der Waals surface area (Å²) in [6.07, 6.45) is 12.0. The Labute approximate surface area is 122 Å². The molecular formula is C18H26O2. The number of carbonyl (C=O) groups excluding carboxylic acids is 1. The molecule has 0 saturated carbocycles. The van der Waals surface area contributed by atoms with Crippen LogP contribution in [0.15, 0.2) is 47.6 Å². The van der Waals surface area contributed by atoms with Crippen LogP contribution in [0.25, 0.3) is 0 Å². The number of aliphatic hydroxyl groups excluding tert-OH is 1.